The number of nitrogens with zero attached hydrogens (tertiary/aromatic N) is 3. The molecule has 0 spiro atoms. The van der Waals surface area contributed by atoms with Gasteiger partial charge in [0.2, 0.25) is 5.88 Å². The van der Waals surface area contributed by atoms with Crippen molar-refractivity contribution in [3.8, 4) is 5.88 Å². The minimum Gasteiger partial charge on any atom is -0.493 e. The van der Waals surface area contributed by atoms with E-state index in [0.717, 1.165) is 10.9 Å². The molecule has 0 aliphatic heterocycles. The summed E-state index contributed by atoms with van der Waals surface area (Å²) in [4.78, 5) is 12.1. The molecule has 110 valence electrons. The van der Waals surface area contributed by atoms with Gasteiger partial charge in [-0.1, -0.05) is 41.9 Å². The number of amides is 1. The highest BCUT2D eigenvalue weighted by molar-refractivity contribution is 6.33. The van der Waals surface area contributed by atoms with Crippen LogP contribution in [0, 0.1) is 0 Å². The number of rotatable bonds is 2. The van der Waals surface area contributed by atoms with Crippen molar-refractivity contribution < 1.29 is 9.90 Å². The van der Waals surface area contributed by atoms with Gasteiger partial charge in [-0.15, -0.1) is 10.2 Å². The molecular weight excluding hydrogens is 302 g/mol. The summed E-state index contributed by atoms with van der Waals surface area (Å²) in [7, 11) is 1.71. The first-order valence-corrected chi connectivity index (χ1v) is 6.94. The fourth-order valence-electron chi connectivity index (χ4n) is 2.24. The standard InChI is InChI=1S/C16H12ClN3O2/c1-20-13-9-5-3-7-11(13)14(16(20)22)18-19-15(21)10-6-2-4-8-12(10)17/h2-9,22H,1H3. The molecule has 2 aromatic carbocycles. The van der Waals surface area contributed by atoms with Crippen LogP contribution < -0.4 is 0 Å². The maximum absolute atomic E-state index is 12.1. The molecule has 0 atom stereocenters. The van der Waals surface area contributed by atoms with Crippen molar-refractivity contribution in [2.45, 2.75) is 0 Å². The molecular formula is C16H12ClN3O2. The van der Waals surface area contributed by atoms with Gasteiger partial charge in [0.15, 0.2) is 5.69 Å². The van der Waals surface area contributed by atoms with E-state index >= 15 is 0 Å². The van der Waals surface area contributed by atoms with Gasteiger partial charge in [-0.2, -0.15) is 0 Å². The quantitative estimate of drug-likeness (QED) is 0.710. The lowest BCUT2D eigenvalue weighted by molar-refractivity contribution is 0.0995. The van der Waals surface area contributed by atoms with E-state index in [2.05, 4.69) is 10.2 Å². The lowest BCUT2D eigenvalue weighted by atomic mass is 10.2. The molecule has 1 N–H and O–H groups in total. The van der Waals surface area contributed by atoms with E-state index in [1.807, 2.05) is 24.3 Å². The Morgan fingerprint density at radius 1 is 1.14 bits per heavy atom. The third kappa shape index (κ3) is 2.35. The molecule has 22 heavy (non-hydrogen) atoms. The maximum Gasteiger partial charge on any atom is 0.296 e. The second-order valence-corrected chi connectivity index (χ2v) is 5.14. The van der Waals surface area contributed by atoms with Gasteiger partial charge in [-0.05, 0) is 18.2 Å². The molecule has 0 aliphatic carbocycles. The van der Waals surface area contributed by atoms with Gasteiger partial charge < -0.3 is 9.67 Å². The topological polar surface area (TPSA) is 66.9 Å². The van der Waals surface area contributed by atoms with Gasteiger partial charge in [0, 0.05) is 12.4 Å². The third-order valence-corrected chi connectivity index (χ3v) is 3.72. The average molecular weight is 314 g/mol. The zero-order valence-electron chi connectivity index (χ0n) is 11.7. The van der Waals surface area contributed by atoms with Gasteiger partial charge in [0.1, 0.15) is 0 Å². The third-order valence-electron chi connectivity index (χ3n) is 3.40. The summed E-state index contributed by atoms with van der Waals surface area (Å²) < 4.78 is 1.59. The monoisotopic (exact) mass is 313 g/mol. The van der Waals surface area contributed by atoms with Crippen LogP contribution in [0.4, 0.5) is 5.69 Å². The molecule has 5 nitrogen and oxygen atoms in total. The van der Waals surface area contributed by atoms with E-state index in [1.165, 1.54) is 0 Å². The molecule has 3 aromatic rings. The number of carbonyl (C=O) groups is 1. The van der Waals surface area contributed by atoms with Crippen LogP contribution in [0.15, 0.2) is 58.8 Å². The van der Waals surface area contributed by atoms with Crippen molar-refractivity contribution >= 4 is 34.1 Å². The number of fused-ring (bicyclic) bond motifs is 1. The lowest BCUT2D eigenvalue weighted by Gasteiger charge is -1.97. The Bertz CT molecular complexity index is 900. The Labute approximate surface area is 131 Å². The van der Waals surface area contributed by atoms with Crippen molar-refractivity contribution in [3.05, 3.63) is 59.1 Å². The van der Waals surface area contributed by atoms with E-state index in [1.54, 1.807) is 35.9 Å². The van der Waals surface area contributed by atoms with Crippen LogP contribution in [-0.2, 0) is 7.05 Å². The van der Waals surface area contributed by atoms with Crippen LogP contribution in [0.25, 0.3) is 10.9 Å². The number of hydrogen-bond acceptors (Lipinski definition) is 3. The van der Waals surface area contributed by atoms with E-state index in [9.17, 15) is 9.90 Å². The second-order valence-electron chi connectivity index (χ2n) is 4.73. The minimum atomic E-state index is -0.557. The molecule has 0 radical (unpaired) electrons. The molecule has 1 aromatic heterocycles. The van der Waals surface area contributed by atoms with E-state index < -0.39 is 5.91 Å². The average Bonchev–Trinajstić information content (AvgIpc) is 2.77. The number of halogens is 1. The summed E-state index contributed by atoms with van der Waals surface area (Å²) >= 11 is 5.96. The van der Waals surface area contributed by atoms with Crippen LogP contribution in [0.1, 0.15) is 10.4 Å². The SMILES string of the molecule is Cn1c(O)c(N=NC(=O)c2ccccc2Cl)c2ccccc21. The summed E-state index contributed by atoms with van der Waals surface area (Å²) in [6, 6.07) is 14.0. The molecule has 0 fully saturated rings. The van der Waals surface area contributed by atoms with Gasteiger partial charge in [-0.3, -0.25) is 4.79 Å². The van der Waals surface area contributed by atoms with Gasteiger partial charge >= 0.3 is 0 Å². The van der Waals surface area contributed by atoms with E-state index in [0.29, 0.717) is 5.02 Å². The Hall–Kier alpha value is -2.66. The summed E-state index contributed by atoms with van der Waals surface area (Å²) in [5.41, 5.74) is 1.34. The lowest BCUT2D eigenvalue weighted by Crippen LogP contribution is -1.94. The summed E-state index contributed by atoms with van der Waals surface area (Å²) in [6.45, 7) is 0. The van der Waals surface area contributed by atoms with Crippen molar-refractivity contribution in [3.63, 3.8) is 0 Å². The largest absolute Gasteiger partial charge is 0.493 e. The highest BCUT2D eigenvalue weighted by Gasteiger charge is 2.15. The fraction of sp³-hybridized carbons (Fsp3) is 0.0625. The molecule has 0 aliphatic rings. The predicted molar refractivity (Wildman–Crippen MR) is 84.9 cm³/mol. The first kappa shape index (κ1) is 14.3. The van der Waals surface area contributed by atoms with Crippen LogP contribution in [0.5, 0.6) is 5.88 Å². The number of aryl methyl sites for hydroxylation is 1. The number of aromatic hydroxyl groups is 1. The molecule has 0 saturated heterocycles. The Morgan fingerprint density at radius 2 is 1.82 bits per heavy atom. The molecule has 6 heteroatoms. The number of aromatic nitrogens is 1. The van der Waals surface area contributed by atoms with Gasteiger partial charge in [0.25, 0.3) is 5.91 Å². The van der Waals surface area contributed by atoms with Crippen molar-refractivity contribution in [1.29, 1.82) is 0 Å². The van der Waals surface area contributed by atoms with Crippen LogP contribution in [0.3, 0.4) is 0 Å². The highest BCUT2D eigenvalue weighted by Crippen LogP contribution is 2.37. The van der Waals surface area contributed by atoms with Crippen molar-refractivity contribution in [1.82, 2.24) is 4.57 Å². The molecule has 0 saturated carbocycles. The Kier molecular flexibility index (Phi) is 3.65. The second kappa shape index (κ2) is 5.61. The highest BCUT2D eigenvalue weighted by atomic mass is 35.5. The minimum absolute atomic E-state index is 0.0445. The number of para-hydroxylation sites is 1. The number of azo groups is 1. The fourth-order valence-corrected chi connectivity index (χ4v) is 2.46. The van der Waals surface area contributed by atoms with Crippen LogP contribution >= 0.6 is 11.6 Å². The number of hydrogen-bond donors (Lipinski definition) is 1. The Morgan fingerprint density at radius 3 is 2.59 bits per heavy atom. The van der Waals surface area contributed by atoms with E-state index in [4.69, 9.17) is 11.6 Å². The molecule has 1 heterocycles. The predicted octanol–water partition coefficient (Wildman–Crippen LogP) is 4.46. The number of benzene rings is 2. The zero-order chi connectivity index (χ0) is 15.7. The van der Waals surface area contributed by atoms with Gasteiger partial charge in [-0.25, -0.2) is 0 Å². The van der Waals surface area contributed by atoms with E-state index in [-0.39, 0.29) is 17.1 Å². The van der Waals surface area contributed by atoms with Crippen LogP contribution in [0.2, 0.25) is 5.02 Å². The Balaban J connectivity index is 2.02. The molecule has 0 bridgehead atoms. The van der Waals surface area contributed by atoms with Crippen molar-refractivity contribution in [2.24, 2.45) is 17.3 Å². The van der Waals surface area contributed by atoms with Crippen LogP contribution in [-0.4, -0.2) is 15.6 Å². The van der Waals surface area contributed by atoms with Crippen molar-refractivity contribution in [2.75, 3.05) is 0 Å². The molecule has 3 rings (SSSR count). The first-order chi connectivity index (χ1) is 10.6. The number of carbonyl (C=O) groups excluding carboxylic acids is 1. The first-order valence-electron chi connectivity index (χ1n) is 6.56. The van der Waals surface area contributed by atoms with Gasteiger partial charge in [0.05, 0.1) is 16.1 Å². The maximum atomic E-state index is 12.1. The summed E-state index contributed by atoms with van der Waals surface area (Å²) in [6.07, 6.45) is 0. The summed E-state index contributed by atoms with van der Waals surface area (Å²) in [5.74, 6) is -0.602. The zero-order valence-corrected chi connectivity index (χ0v) is 12.4. The summed E-state index contributed by atoms with van der Waals surface area (Å²) in [5, 5.41) is 18.8. The normalized spacial score (nSPS) is 11.4. The molecule has 0 unspecified atom stereocenters. The smallest absolute Gasteiger partial charge is 0.296 e. The molecule has 1 amide bonds.